The van der Waals surface area contributed by atoms with Crippen LogP contribution < -0.4 is 5.32 Å². The highest BCUT2D eigenvalue weighted by Gasteiger charge is 2.49. The number of anilines is 2. The fourth-order valence-electron chi connectivity index (χ4n) is 4.08. The Morgan fingerprint density at radius 2 is 2.09 bits per heavy atom. The molecule has 0 amide bonds. The Balaban J connectivity index is 1.46. The molecule has 0 aromatic carbocycles. The second kappa shape index (κ2) is 9.00. The van der Waals surface area contributed by atoms with Crippen LogP contribution in [0.4, 0.5) is 11.6 Å². The second-order valence-electron chi connectivity index (χ2n) is 8.27. The van der Waals surface area contributed by atoms with E-state index in [2.05, 4.69) is 26.6 Å². The van der Waals surface area contributed by atoms with Crippen molar-refractivity contribution in [3.8, 4) is 17.3 Å². The van der Waals surface area contributed by atoms with Gasteiger partial charge in [0.25, 0.3) is 0 Å². The zero-order chi connectivity index (χ0) is 24.6. The maximum Gasteiger partial charge on any atom is 0.228 e. The minimum atomic E-state index is -3.33. The van der Waals surface area contributed by atoms with Crippen LogP contribution in [0.1, 0.15) is 13.3 Å². The fraction of sp³-hybridized carbons (Fsp3) is 0.381. The van der Waals surface area contributed by atoms with Crippen molar-refractivity contribution >= 4 is 43.2 Å². The van der Waals surface area contributed by atoms with Gasteiger partial charge in [-0.05, 0) is 18.4 Å². The lowest BCUT2D eigenvalue weighted by Crippen LogP contribution is -2.64. The first kappa shape index (κ1) is 23.4. The van der Waals surface area contributed by atoms with Crippen molar-refractivity contribution in [2.45, 2.75) is 25.4 Å². The molecule has 2 N–H and O–H groups in total. The van der Waals surface area contributed by atoms with Gasteiger partial charge in [-0.25, -0.2) is 18.4 Å². The third-order valence-electron chi connectivity index (χ3n) is 5.97. The van der Waals surface area contributed by atoms with Crippen molar-refractivity contribution in [1.82, 2.24) is 33.8 Å². The lowest BCUT2D eigenvalue weighted by atomic mass is 9.89. The van der Waals surface area contributed by atoms with Crippen LogP contribution in [0.3, 0.4) is 0 Å². The molecule has 12 nitrogen and oxygen atoms in total. The van der Waals surface area contributed by atoms with E-state index in [-0.39, 0.29) is 31.9 Å². The Morgan fingerprint density at radius 1 is 1.26 bits per heavy atom. The highest BCUT2D eigenvalue weighted by atomic mass is 32.2. The first-order chi connectivity index (χ1) is 16.9. The zero-order valence-electron chi connectivity index (χ0n) is 18.9. The summed E-state index contributed by atoms with van der Waals surface area (Å²) in [6, 6.07) is 4.09. The Morgan fingerprint density at radius 3 is 2.83 bits per heavy atom. The molecule has 0 radical (unpaired) electrons. The molecule has 1 aliphatic heterocycles. The molecule has 5 rings (SSSR count). The number of hydrogen-bond donors (Lipinski definition) is 2. The van der Waals surface area contributed by atoms with Crippen LogP contribution >= 0.6 is 11.3 Å². The minimum absolute atomic E-state index is 0.0119. The summed E-state index contributed by atoms with van der Waals surface area (Å²) in [7, 11) is -3.33. The van der Waals surface area contributed by atoms with Crippen molar-refractivity contribution in [3.05, 3.63) is 36.2 Å². The van der Waals surface area contributed by atoms with Gasteiger partial charge in [0.05, 0.1) is 65.4 Å². The number of aliphatic hydroxyl groups excluding tert-OH is 1. The van der Waals surface area contributed by atoms with E-state index in [0.717, 1.165) is 15.8 Å². The lowest BCUT2D eigenvalue weighted by Gasteiger charge is -2.47. The maximum absolute atomic E-state index is 12.2. The van der Waals surface area contributed by atoms with Gasteiger partial charge in [-0.15, -0.1) is 11.3 Å². The molecule has 0 aliphatic carbocycles. The van der Waals surface area contributed by atoms with Crippen LogP contribution in [0.25, 0.3) is 21.5 Å². The molecule has 1 saturated heterocycles. The van der Waals surface area contributed by atoms with Crippen molar-refractivity contribution in [3.63, 3.8) is 0 Å². The Labute approximate surface area is 205 Å². The zero-order valence-corrected chi connectivity index (χ0v) is 20.5. The summed E-state index contributed by atoms with van der Waals surface area (Å²) in [6.07, 6.45) is 7.03. The van der Waals surface area contributed by atoms with Crippen LogP contribution in [0, 0.1) is 11.3 Å². The molecule has 182 valence electrons. The predicted octanol–water partition coefficient (Wildman–Crippen LogP) is 1.76. The van der Waals surface area contributed by atoms with E-state index in [1.165, 1.54) is 15.6 Å². The summed E-state index contributed by atoms with van der Waals surface area (Å²) < 4.78 is 30.1. The summed E-state index contributed by atoms with van der Waals surface area (Å²) in [4.78, 5) is 9.31. The number of sulfonamides is 1. The Kier molecular flexibility index (Phi) is 6.01. The number of rotatable bonds is 9. The normalized spacial score (nSPS) is 15.7. The molecule has 4 aromatic heterocycles. The summed E-state index contributed by atoms with van der Waals surface area (Å²) in [5.74, 6) is 0.407. The molecule has 0 unspecified atom stereocenters. The summed E-state index contributed by atoms with van der Waals surface area (Å²) in [5, 5.41) is 32.3. The highest BCUT2D eigenvalue weighted by Crippen LogP contribution is 2.37. The Hall–Kier alpha value is -3.38. The van der Waals surface area contributed by atoms with E-state index in [4.69, 9.17) is 10.1 Å². The fourth-order valence-corrected chi connectivity index (χ4v) is 6.16. The standard InChI is InChI=1S/C21H23N9O3S2/c1-2-35(32,33)29-13-21(14-29,4-5-22)30-11-15(9-24-30)18-19-17(3-8-34-19)26-20(27-18)25-16-10-23-28(12-16)6-7-31/h3,8-12,31H,2,4,6-7,13-14H2,1H3,(H,25,26,27). The first-order valence-corrected chi connectivity index (χ1v) is 13.4. The van der Waals surface area contributed by atoms with Crippen LogP contribution in [0.2, 0.25) is 0 Å². The SMILES string of the molecule is CCS(=O)(=O)N1CC(CC#N)(n2cc(-c3nc(Nc4cnn(CCO)c4)nc4ccsc34)cn2)C1. The van der Waals surface area contributed by atoms with E-state index in [1.807, 2.05) is 17.6 Å². The lowest BCUT2D eigenvalue weighted by molar-refractivity contribution is 0.0719. The number of fused-ring (bicyclic) bond motifs is 1. The summed E-state index contributed by atoms with van der Waals surface area (Å²) in [6.45, 7) is 2.40. The van der Waals surface area contributed by atoms with Gasteiger partial charge >= 0.3 is 0 Å². The second-order valence-corrected chi connectivity index (χ2v) is 11.4. The molecule has 14 heteroatoms. The number of aromatic nitrogens is 6. The molecule has 0 spiro atoms. The van der Waals surface area contributed by atoms with Gasteiger partial charge in [0, 0.05) is 31.0 Å². The molecular weight excluding hydrogens is 490 g/mol. The van der Waals surface area contributed by atoms with Gasteiger partial charge in [0.15, 0.2) is 0 Å². The third-order valence-corrected chi connectivity index (χ3v) is 8.66. The highest BCUT2D eigenvalue weighted by molar-refractivity contribution is 7.89. The van der Waals surface area contributed by atoms with E-state index >= 15 is 0 Å². The molecular formula is C21H23N9O3S2. The van der Waals surface area contributed by atoms with E-state index in [1.54, 1.807) is 34.9 Å². The smallest absolute Gasteiger partial charge is 0.228 e. The average molecular weight is 514 g/mol. The molecule has 1 aliphatic rings. The van der Waals surface area contributed by atoms with Crippen molar-refractivity contribution < 1.29 is 13.5 Å². The summed E-state index contributed by atoms with van der Waals surface area (Å²) in [5.41, 5.74) is 2.18. The molecule has 0 atom stereocenters. The number of nitriles is 1. The minimum Gasteiger partial charge on any atom is -0.394 e. The van der Waals surface area contributed by atoms with Crippen molar-refractivity contribution in [1.29, 1.82) is 5.26 Å². The molecule has 5 heterocycles. The van der Waals surface area contributed by atoms with Gasteiger partial charge in [-0.2, -0.15) is 19.8 Å². The maximum atomic E-state index is 12.2. The van der Waals surface area contributed by atoms with Crippen LogP contribution in [0.5, 0.6) is 0 Å². The monoisotopic (exact) mass is 513 g/mol. The number of aliphatic hydroxyl groups is 1. The molecule has 4 aromatic rings. The van der Waals surface area contributed by atoms with E-state index in [9.17, 15) is 13.7 Å². The molecule has 0 saturated carbocycles. The van der Waals surface area contributed by atoms with E-state index in [0.29, 0.717) is 23.9 Å². The van der Waals surface area contributed by atoms with Gasteiger partial charge < -0.3 is 10.4 Å². The van der Waals surface area contributed by atoms with Gasteiger partial charge in [-0.1, -0.05) is 0 Å². The summed E-state index contributed by atoms with van der Waals surface area (Å²) >= 11 is 1.51. The first-order valence-electron chi connectivity index (χ1n) is 10.9. The number of nitrogens with one attached hydrogen (secondary N) is 1. The number of thiophene rings is 1. The van der Waals surface area contributed by atoms with E-state index < -0.39 is 15.6 Å². The molecule has 1 fully saturated rings. The van der Waals surface area contributed by atoms with Crippen molar-refractivity contribution in [2.24, 2.45) is 0 Å². The molecule has 0 bridgehead atoms. The Bertz CT molecular complexity index is 1510. The van der Waals surface area contributed by atoms with Gasteiger partial charge in [-0.3, -0.25) is 9.36 Å². The van der Waals surface area contributed by atoms with Gasteiger partial charge in [0.2, 0.25) is 16.0 Å². The average Bonchev–Trinajstić information content (AvgIpc) is 3.57. The van der Waals surface area contributed by atoms with Crippen LogP contribution in [0.15, 0.2) is 36.2 Å². The quantitative estimate of drug-likeness (QED) is 0.340. The predicted molar refractivity (Wildman–Crippen MR) is 130 cm³/mol. The van der Waals surface area contributed by atoms with Crippen LogP contribution in [-0.4, -0.2) is 72.8 Å². The largest absolute Gasteiger partial charge is 0.394 e. The number of nitrogens with zero attached hydrogens (tertiary/aromatic N) is 8. The number of hydrogen-bond acceptors (Lipinski definition) is 10. The van der Waals surface area contributed by atoms with Crippen molar-refractivity contribution in [2.75, 3.05) is 30.8 Å². The third kappa shape index (κ3) is 4.27. The topological polar surface area (TPSA) is 155 Å². The van der Waals surface area contributed by atoms with Gasteiger partial charge in [0.1, 0.15) is 5.54 Å². The van der Waals surface area contributed by atoms with Crippen LogP contribution in [-0.2, 0) is 22.1 Å². The molecule has 35 heavy (non-hydrogen) atoms.